The van der Waals surface area contributed by atoms with Crippen LogP contribution in [0.1, 0.15) is 5.56 Å². The molecule has 0 saturated heterocycles. The third-order valence-corrected chi connectivity index (χ3v) is 3.92. The zero-order chi connectivity index (χ0) is 9.26. The van der Waals surface area contributed by atoms with Crippen LogP contribution in [-0.4, -0.2) is 9.55 Å². The minimum absolute atomic E-state index is 0.762. The summed E-state index contributed by atoms with van der Waals surface area (Å²) in [6.45, 7) is 0.826. The van der Waals surface area contributed by atoms with Gasteiger partial charge in [-0.1, -0.05) is 0 Å². The van der Waals surface area contributed by atoms with E-state index in [9.17, 15) is 0 Å². The lowest BCUT2D eigenvalue weighted by Gasteiger charge is -1.99. The summed E-state index contributed by atoms with van der Waals surface area (Å²) in [5.74, 6) is 0. The Bertz CT molecular complexity index is 454. The molecule has 68 valence electrons. The number of rotatable bonds is 2. The maximum absolute atomic E-state index is 5.10. The monoisotopic (exact) mass is 274 g/mol. The molecule has 1 N–H and O–H groups in total. The standard InChI is InChI=1S/C8H7BrN2S2/c9-7-6(1-4-13-7)5-11-3-2-10-8(11)12/h1-4H,5H2,(H,10,12). The second-order valence-corrected chi connectivity index (χ2v) is 5.23. The molecule has 2 rings (SSSR count). The molecule has 2 heterocycles. The Labute approximate surface area is 93.4 Å². The first-order chi connectivity index (χ1) is 6.27. The van der Waals surface area contributed by atoms with Gasteiger partial charge >= 0.3 is 0 Å². The van der Waals surface area contributed by atoms with Gasteiger partial charge in [0.2, 0.25) is 0 Å². The van der Waals surface area contributed by atoms with Crippen molar-refractivity contribution in [3.8, 4) is 0 Å². The first kappa shape index (κ1) is 9.18. The molecule has 0 spiro atoms. The van der Waals surface area contributed by atoms with Crippen LogP contribution in [0.4, 0.5) is 0 Å². The van der Waals surface area contributed by atoms with Crippen LogP contribution in [0.2, 0.25) is 0 Å². The van der Waals surface area contributed by atoms with Crippen LogP contribution < -0.4 is 0 Å². The Morgan fingerprint density at radius 2 is 2.46 bits per heavy atom. The van der Waals surface area contributed by atoms with Crippen LogP contribution in [0.15, 0.2) is 27.6 Å². The van der Waals surface area contributed by atoms with Gasteiger partial charge in [-0.25, -0.2) is 0 Å². The fourth-order valence-corrected chi connectivity index (χ4v) is 2.50. The van der Waals surface area contributed by atoms with Crippen molar-refractivity contribution in [2.45, 2.75) is 6.54 Å². The average molecular weight is 275 g/mol. The molecule has 0 aliphatic rings. The zero-order valence-electron chi connectivity index (χ0n) is 6.66. The first-order valence-corrected chi connectivity index (χ1v) is 5.81. The molecular weight excluding hydrogens is 268 g/mol. The maximum atomic E-state index is 5.10. The summed E-state index contributed by atoms with van der Waals surface area (Å²) in [7, 11) is 0. The van der Waals surface area contributed by atoms with Gasteiger partial charge in [-0.3, -0.25) is 0 Å². The van der Waals surface area contributed by atoms with Crippen LogP contribution in [0.3, 0.4) is 0 Å². The number of nitrogens with zero attached hydrogens (tertiary/aromatic N) is 1. The third-order valence-electron chi connectivity index (χ3n) is 1.76. The zero-order valence-corrected chi connectivity index (χ0v) is 9.88. The Hall–Kier alpha value is -0.390. The van der Waals surface area contributed by atoms with E-state index >= 15 is 0 Å². The van der Waals surface area contributed by atoms with Gasteiger partial charge in [-0.2, -0.15) is 0 Å². The quantitative estimate of drug-likeness (QED) is 0.833. The largest absolute Gasteiger partial charge is 0.337 e. The minimum Gasteiger partial charge on any atom is -0.337 e. The number of aromatic amines is 1. The van der Waals surface area contributed by atoms with Crippen LogP contribution in [0.5, 0.6) is 0 Å². The summed E-state index contributed by atoms with van der Waals surface area (Å²) in [5.41, 5.74) is 1.26. The van der Waals surface area contributed by atoms with Gasteiger partial charge in [0.15, 0.2) is 4.77 Å². The van der Waals surface area contributed by atoms with E-state index in [2.05, 4.69) is 32.4 Å². The maximum Gasteiger partial charge on any atom is 0.177 e. The molecule has 0 aromatic carbocycles. The Morgan fingerprint density at radius 3 is 3.00 bits per heavy atom. The average Bonchev–Trinajstić information content (AvgIpc) is 2.65. The van der Waals surface area contributed by atoms with Crippen LogP contribution in [0, 0.1) is 4.77 Å². The predicted octanol–water partition coefficient (Wildman–Crippen LogP) is 3.42. The molecule has 0 aliphatic heterocycles. The number of aromatic nitrogens is 2. The van der Waals surface area contributed by atoms with Gasteiger partial charge in [-0.05, 0) is 45.2 Å². The fourth-order valence-electron chi connectivity index (χ4n) is 1.09. The molecular formula is C8H7BrN2S2. The van der Waals surface area contributed by atoms with Gasteiger partial charge in [-0.15, -0.1) is 11.3 Å². The lowest BCUT2D eigenvalue weighted by molar-refractivity contribution is 0.784. The summed E-state index contributed by atoms with van der Waals surface area (Å²) >= 11 is 10.3. The number of halogens is 1. The molecule has 0 atom stereocenters. The molecule has 0 radical (unpaired) electrons. The third kappa shape index (κ3) is 1.92. The highest BCUT2D eigenvalue weighted by Crippen LogP contribution is 2.24. The SMILES string of the molecule is S=c1[nH]ccn1Cc1ccsc1Br. The number of imidazole rings is 1. The second-order valence-electron chi connectivity index (χ2n) is 2.61. The summed E-state index contributed by atoms with van der Waals surface area (Å²) < 4.78 is 3.94. The highest BCUT2D eigenvalue weighted by atomic mass is 79.9. The first-order valence-electron chi connectivity index (χ1n) is 3.73. The van der Waals surface area contributed by atoms with Gasteiger partial charge < -0.3 is 9.55 Å². The molecule has 0 fully saturated rings. The number of H-pyrrole nitrogens is 1. The summed E-state index contributed by atoms with van der Waals surface area (Å²) in [5, 5.41) is 2.07. The molecule has 5 heteroatoms. The molecule has 0 unspecified atom stereocenters. The van der Waals surface area contributed by atoms with Gasteiger partial charge in [0.1, 0.15) is 0 Å². The summed E-state index contributed by atoms with van der Waals surface area (Å²) in [6, 6.07) is 2.10. The van der Waals surface area contributed by atoms with Crippen molar-refractivity contribution in [3.05, 3.63) is 38.0 Å². The lowest BCUT2D eigenvalue weighted by atomic mass is 10.3. The fraction of sp³-hybridized carbons (Fsp3) is 0.125. The van der Waals surface area contributed by atoms with E-state index < -0.39 is 0 Å². The van der Waals surface area contributed by atoms with Crippen molar-refractivity contribution in [2.75, 3.05) is 0 Å². The van der Waals surface area contributed by atoms with Crippen LogP contribution in [-0.2, 0) is 6.54 Å². The normalized spacial score (nSPS) is 10.5. The van der Waals surface area contributed by atoms with Crippen LogP contribution >= 0.6 is 39.5 Å². The van der Waals surface area contributed by atoms with E-state index in [1.54, 1.807) is 11.3 Å². The lowest BCUT2D eigenvalue weighted by Crippen LogP contribution is -1.96. The van der Waals surface area contributed by atoms with Crippen molar-refractivity contribution in [2.24, 2.45) is 0 Å². The van der Waals surface area contributed by atoms with Crippen molar-refractivity contribution < 1.29 is 0 Å². The molecule has 0 amide bonds. The molecule has 13 heavy (non-hydrogen) atoms. The highest BCUT2D eigenvalue weighted by molar-refractivity contribution is 9.11. The topological polar surface area (TPSA) is 20.7 Å². The molecule has 2 aromatic heterocycles. The second kappa shape index (κ2) is 3.77. The van der Waals surface area contributed by atoms with Gasteiger partial charge in [0, 0.05) is 12.4 Å². The number of hydrogen-bond donors (Lipinski definition) is 1. The van der Waals surface area contributed by atoms with E-state index in [0.717, 1.165) is 11.3 Å². The van der Waals surface area contributed by atoms with Gasteiger partial charge in [0.05, 0.1) is 10.3 Å². The van der Waals surface area contributed by atoms with Crippen molar-refractivity contribution in [1.82, 2.24) is 9.55 Å². The summed E-state index contributed by atoms with van der Waals surface area (Å²) in [4.78, 5) is 2.97. The van der Waals surface area contributed by atoms with E-state index in [4.69, 9.17) is 12.2 Å². The van der Waals surface area contributed by atoms with E-state index in [-0.39, 0.29) is 0 Å². The predicted molar refractivity (Wildman–Crippen MR) is 60.7 cm³/mol. The number of nitrogens with one attached hydrogen (secondary N) is 1. The minimum atomic E-state index is 0.762. The van der Waals surface area contributed by atoms with Crippen molar-refractivity contribution in [3.63, 3.8) is 0 Å². The molecule has 2 aromatic rings. The van der Waals surface area contributed by atoms with Crippen LogP contribution in [0.25, 0.3) is 0 Å². The smallest absolute Gasteiger partial charge is 0.177 e. The Balaban J connectivity index is 2.29. The number of thiophene rings is 1. The molecule has 0 bridgehead atoms. The van der Waals surface area contributed by atoms with Crippen molar-refractivity contribution >= 4 is 39.5 Å². The molecule has 0 saturated carbocycles. The highest BCUT2D eigenvalue weighted by Gasteiger charge is 2.01. The van der Waals surface area contributed by atoms with E-state index in [1.807, 2.05) is 17.0 Å². The van der Waals surface area contributed by atoms with Crippen molar-refractivity contribution in [1.29, 1.82) is 0 Å². The Morgan fingerprint density at radius 1 is 1.62 bits per heavy atom. The van der Waals surface area contributed by atoms with E-state index in [1.165, 1.54) is 9.35 Å². The molecule has 2 nitrogen and oxygen atoms in total. The number of hydrogen-bond acceptors (Lipinski definition) is 2. The summed E-state index contributed by atoms with van der Waals surface area (Å²) in [6.07, 6.45) is 3.80. The van der Waals surface area contributed by atoms with Gasteiger partial charge in [0.25, 0.3) is 0 Å². The Kier molecular flexibility index (Phi) is 2.66. The molecule has 0 aliphatic carbocycles. The van der Waals surface area contributed by atoms with E-state index in [0.29, 0.717) is 0 Å².